The van der Waals surface area contributed by atoms with Crippen molar-refractivity contribution in [3.05, 3.63) is 17.0 Å². The molecule has 0 atom stereocenters. The maximum absolute atomic E-state index is 11.3. The minimum absolute atomic E-state index is 0.169. The normalized spacial score (nSPS) is 11.5. The minimum Gasteiger partial charge on any atom is -0.368 e. The first kappa shape index (κ1) is 11.4. The fourth-order valence-corrected chi connectivity index (χ4v) is 1.43. The molecular formula is C10H16N4O. The Morgan fingerprint density at radius 1 is 1.27 bits per heavy atom. The number of hydrogen-bond donors (Lipinski definition) is 2. The Bertz CT molecular complexity index is 407. The summed E-state index contributed by atoms with van der Waals surface area (Å²) in [5, 5.41) is 0. The molecule has 1 aromatic heterocycles. The van der Waals surface area contributed by atoms with Crippen LogP contribution in [0.25, 0.3) is 0 Å². The molecule has 1 amide bonds. The van der Waals surface area contributed by atoms with Crippen molar-refractivity contribution in [3.63, 3.8) is 0 Å². The van der Waals surface area contributed by atoms with Crippen LogP contribution in [0.2, 0.25) is 0 Å². The van der Waals surface area contributed by atoms with Gasteiger partial charge >= 0.3 is 0 Å². The van der Waals surface area contributed by atoms with E-state index >= 15 is 0 Å². The van der Waals surface area contributed by atoms with E-state index in [0.29, 0.717) is 17.0 Å². The molecule has 0 unspecified atom stereocenters. The van der Waals surface area contributed by atoms with Crippen molar-refractivity contribution >= 4 is 11.9 Å². The summed E-state index contributed by atoms with van der Waals surface area (Å²) in [5.74, 6) is -0.347. The first-order valence-electron chi connectivity index (χ1n) is 4.68. The van der Waals surface area contributed by atoms with Crippen LogP contribution >= 0.6 is 0 Å². The first-order chi connectivity index (χ1) is 6.73. The maximum Gasteiger partial charge on any atom is 0.252 e. The molecule has 0 saturated heterocycles. The van der Waals surface area contributed by atoms with Gasteiger partial charge in [-0.2, -0.15) is 0 Å². The highest BCUT2D eigenvalue weighted by molar-refractivity contribution is 5.95. The van der Waals surface area contributed by atoms with Gasteiger partial charge in [0.05, 0.1) is 17.0 Å². The average Bonchev–Trinajstić information content (AvgIpc) is 1.99. The van der Waals surface area contributed by atoms with Gasteiger partial charge in [0.2, 0.25) is 5.95 Å². The molecule has 5 nitrogen and oxygen atoms in total. The number of nitrogens with zero attached hydrogens (tertiary/aromatic N) is 2. The zero-order chi connectivity index (χ0) is 11.8. The Labute approximate surface area is 88.9 Å². The average molecular weight is 208 g/mol. The van der Waals surface area contributed by atoms with Gasteiger partial charge in [-0.25, -0.2) is 9.97 Å². The van der Waals surface area contributed by atoms with Gasteiger partial charge in [-0.3, -0.25) is 4.79 Å². The summed E-state index contributed by atoms with van der Waals surface area (Å²) in [4.78, 5) is 19.3. The lowest BCUT2D eigenvalue weighted by atomic mass is 9.87. The van der Waals surface area contributed by atoms with Gasteiger partial charge in [-0.1, -0.05) is 20.8 Å². The van der Waals surface area contributed by atoms with E-state index < -0.39 is 5.91 Å². The number of anilines is 1. The molecule has 0 aliphatic heterocycles. The molecule has 82 valence electrons. The van der Waals surface area contributed by atoms with Crippen LogP contribution in [0.4, 0.5) is 5.95 Å². The minimum atomic E-state index is -0.516. The smallest absolute Gasteiger partial charge is 0.252 e. The number of carbonyl (C=O) groups excluding carboxylic acids is 1. The van der Waals surface area contributed by atoms with Crippen LogP contribution in [-0.2, 0) is 5.41 Å². The van der Waals surface area contributed by atoms with Gasteiger partial charge in [0, 0.05) is 5.41 Å². The quantitative estimate of drug-likeness (QED) is 0.712. The SMILES string of the molecule is Cc1nc(N)nc(C(C)(C)C)c1C(N)=O. The number of hydrogen-bond acceptors (Lipinski definition) is 4. The summed E-state index contributed by atoms with van der Waals surface area (Å²) in [6, 6.07) is 0. The molecule has 15 heavy (non-hydrogen) atoms. The number of aromatic nitrogens is 2. The van der Waals surface area contributed by atoms with E-state index in [-0.39, 0.29) is 11.4 Å². The molecule has 1 rings (SSSR count). The fraction of sp³-hybridized carbons (Fsp3) is 0.500. The molecule has 0 bridgehead atoms. The third-order valence-corrected chi connectivity index (χ3v) is 2.06. The predicted octanol–water partition coefficient (Wildman–Crippen LogP) is 0.764. The highest BCUT2D eigenvalue weighted by Crippen LogP contribution is 2.25. The van der Waals surface area contributed by atoms with E-state index in [0.717, 1.165) is 0 Å². The van der Waals surface area contributed by atoms with Crippen LogP contribution in [0.15, 0.2) is 0 Å². The van der Waals surface area contributed by atoms with Gasteiger partial charge in [0.1, 0.15) is 0 Å². The molecule has 0 saturated carbocycles. The standard InChI is InChI=1S/C10H16N4O/c1-5-6(8(11)15)7(10(2,3)4)14-9(12)13-5/h1-4H3,(H2,11,15)(H2,12,13,14). The number of nitrogens with two attached hydrogens (primary N) is 2. The number of nitrogen functional groups attached to an aromatic ring is 1. The number of amides is 1. The van der Waals surface area contributed by atoms with Crippen LogP contribution in [-0.4, -0.2) is 15.9 Å². The lowest BCUT2D eigenvalue weighted by Crippen LogP contribution is -2.25. The summed E-state index contributed by atoms with van der Waals surface area (Å²) < 4.78 is 0. The third kappa shape index (κ3) is 2.23. The summed E-state index contributed by atoms with van der Waals surface area (Å²) in [5.41, 5.74) is 12.1. The summed E-state index contributed by atoms with van der Waals surface area (Å²) in [6.45, 7) is 7.54. The van der Waals surface area contributed by atoms with Crippen molar-refractivity contribution in [1.29, 1.82) is 0 Å². The van der Waals surface area contributed by atoms with E-state index in [1.165, 1.54) is 0 Å². The predicted molar refractivity (Wildman–Crippen MR) is 58.4 cm³/mol. The Morgan fingerprint density at radius 2 is 1.80 bits per heavy atom. The topological polar surface area (TPSA) is 94.9 Å². The van der Waals surface area contributed by atoms with Crippen molar-refractivity contribution < 1.29 is 4.79 Å². The van der Waals surface area contributed by atoms with E-state index in [1.807, 2.05) is 20.8 Å². The largest absolute Gasteiger partial charge is 0.368 e. The molecule has 0 aliphatic carbocycles. The number of carbonyl (C=O) groups is 1. The van der Waals surface area contributed by atoms with E-state index in [4.69, 9.17) is 11.5 Å². The van der Waals surface area contributed by atoms with Gasteiger partial charge in [0.15, 0.2) is 0 Å². The van der Waals surface area contributed by atoms with E-state index in [1.54, 1.807) is 6.92 Å². The van der Waals surface area contributed by atoms with Crippen molar-refractivity contribution in [3.8, 4) is 0 Å². The Hall–Kier alpha value is -1.65. The molecule has 0 spiro atoms. The first-order valence-corrected chi connectivity index (χ1v) is 4.68. The summed E-state index contributed by atoms with van der Waals surface area (Å²) in [7, 11) is 0. The zero-order valence-electron chi connectivity index (χ0n) is 9.46. The van der Waals surface area contributed by atoms with E-state index in [2.05, 4.69) is 9.97 Å². The van der Waals surface area contributed by atoms with Crippen molar-refractivity contribution in [2.24, 2.45) is 5.73 Å². The summed E-state index contributed by atoms with van der Waals surface area (Å²) in [6.07, 6.45) is 0. The number of primary amides is 1. The molecule has 4 N–H and O–H groups in total. The lowest BCUT2D eigenvalue weighted by molar-refractivity contribution is 0.0996. The molecule has 1 aromatic rings. The molecule has 0 radical (unpaired) electrons. The third-order valence-electron chi connectivity index (χ3n) is 2.06. The second-order valence-electron chi connectivity index (χ2n) is 4.51. The van der Waals surface area contributed by atoms with Gasteiger partial charge in [-0.15, -0.1) is 0 Å². The lowest BCUT2D eigenvalue weighted by Gasteiger charge is -2.21. The second kappa shape index (κ2) is 3.49. The molecule has 0 fully saturated rings. The Kier molecular flexibility index (Phi) is 2.66. The van der Waals surface area contributed by atoms with Crippen molar-refractivity contribution in [2.75, 3.05) is 5.73 Å². The zero-order valence-corrected chi connectivity index (χ0v) is 9.46. The van der Waals surface area contributed by atoms with Crippen molar-refractivity contribution in [2.45, 2.75) is 33.1 Å². The molecule has 0 aromatic carbocycles. The number of rotatable bonds is 1. The molecular weight excluding hydrogens is 192 g/mol. The van der Waals surface area contributed by atoms with Crippen LogP contribution in [0.3, 0.4) is 0 Å². The van der Waals surface area contributed by atoms with Crippen LogP contribution in [0, 0.1) is 6.92 Å². The second-order valence-corrected chi connectivity index (χ2v) is 4.51. The Morgan fingerprint density at radius 3 is 2.20 bits per heavy atom. The highest BCUT2D eigenvalue weighted by Gasteiger charge is 2.25. The van der Waals surface area contributed by atoms with Crippen molar-refractivity contribution in [1.82, 2.24) is 9.97 Å². The number of aryl methyl sites for hydroxylation is 1. The Balaban J connectivity index is 3.54. The van der Waals surface area contributed by atoms with Gasteiger partial charge in [-0.05, 0) is 6.92 Å². The molecule has 0 aliphatic rings. The van der Waals surface area contributed by atoms with Crippen LogP contribution in [0.1, 0.15) is 42.5 Å². The fourth-order valence-electron chi connectivity index (χ4n) is 1.43. The summed E-state index contributed by atoms with van der Waals surface area (Å²) >= 11 is 0. The van der Waals surface area contributed by atoms with Gasteiger partial charge in [0.25, 0.3) is 5.91 Å². The van der Waals surface area contributed by atoms with E-state index in [9.17, 15) is 4.79 Å². The molecule has 5 heteroatoms. The highest BCUT2D eigenvalue weighted by atomic mass is 16.1. The maximum atomic E-state index is 11.3. The van der Waals surface area contributed by atoms with Crippen LogP contribution in [0.5, 0.6) is 0 Å². The monoisotopic (exact) mass is 208 g/mol. The van der Waals surface area contributed by atoms with Crippen LogP contribution < -0.4 is 11.5 Å². The van der Waals surface area contributed by atoms with Gasteiger partial charge < -0.3 is 11.5 Å². The molecule has 1 heterocycles.